The van der Waals surface area contributed by atoms with Gasteiger partial charge in [0.1, 0.15) is 18.1 Å². The number of ether oxygens (including phenoxy) is 1. The number of non-ortho nitro benzene ring substituents is 1. The number of ketones is 1. The molecular weight excluding hydrogens is 510 g/mol. The van der Waals surface area contributed by atoms with Gasteiger partial charge in [-0.05, 0) is 65.6 Å². The van der Waals surface area contributed by atoms with Gasteiger partial charge in [-0.1, -0.05) is 36.4 Å². The van der Waals surface area contributed by atoms with Crippen molar-refractivity contribution in [1.82, 2.24) is 9.88 Å². The number of nitrogens with zero attached hydrogens (tertiary/aromatic N) is 3. The molecule has 1 aromatic heterocycles. The second kappa shape index (κ2) is 11.2. The lowest BCUT2D eigenvalue weighted by atomic mass is 9.93. The summed E-state index contributed by atoms with van der Waals surface area (Å²) in [5.74, 6) is -1.37. The summed E-state index contributed by atoms with van der Waals surface area (Å²) in [5.41, 5.74) is 2.94. The van der Waals surface area contributed by atoms with Crippen molar-refractivity contribution in [3.05, 3.63) is 141 Å². The van der Waals surface area contributed by atoms with Crippen molar-refractivity contribution in [3.63, 3.8) is 0 Å². The first kappa shape index (κ1) is 26.3. The van der Waals surface area contributed by atoms with E-state index >= 15 is 0 Å². The highest BCUT2D eigenvalue weighted by atomic mass is 16.6. The number of nitro groups is 1. The van der Waals surface area contributed by atoms with Crippen LogP contribution in [0.15, 0.2) is 103 Å². The Morgan fingerprint density at radius 2 is 1.73 bits per heavy atom. The number of hydrogen-bond donors (Lipinski definition) is 1. The molecule has 1 atom stereocenters. The Morgan fingerprint density at radius 3 is 2.38 bits per heavy atom. The number of amides is 1. The average molecular weight is 536 g/mol. The smallest absolute Gasteiger partial charge is 0.295 e. The summed E-state index contributed by atoms with van der Waals surface area (Å²) in [6.45, 7) is 2.20. The van der Waals surface area contributed by atoms with Gasteiger partial charge in [-0.3, -0.25) is 24.7 Å². The number of rotatable bonds is 8. The summed E-state index contributed by atoms with van der Waals surface area (Å²) in [7, 11) is 0. The van der Waals surface area contributed by atoms with Crippen molar-refractivity contribution >= 4 is 23.1 Å². The minimum atomic E-state index is -0.964. The van der Waals surface area contributed by atoms with E-state index in [-0.39, 0.29) is 23.6 Å². The number of carbonyl (C=O) groups excluding carboxylic acids is 2. The van der Waals surface area contributed by atoms with Crippen LogP contribution in [-0.2, 0) is 22.7 Å². The highest BCUT2D eigenvalue weighted by molar-refractivity contribution is 6.46. The van der Waals surface area contributed by atoms with Crippen molar-refractivity contribution in [2.45, 2.75) is 26.1 Å². The summed E-state index contributed by atoms with van der Waals surface area (Å²) in [6.07, 6.45) is 3.19. The number of aliphatic hydroxyl groups excluding tert-OH is 1. The molecule has 1 unspecified atom stereocenters. The Labute approximate surface area is 230 Å². The molecule has 1 aliphatic heterocycles. The van der Waals surface area contributed by atoms with Crippen molar-refractivity contribution in [2.75, 3.05) is 0 Å². The molecule has 9 nitrogen and oxygen atoms in total. The van der Waals surface area contributed by atoms with Crippen LogP contribution in [0.2, 0.25) is 0 Å². The van der Waals surface area contributed by atoms with E-state index in [2.05, 4.69) is 4.98 Å². The van der Waals surface area contributed by atoms with E-state index in [0.717, 1.165) is 5.56 Å². The molecule has 4 aromatic rings. The third-order valence-electron chi connectivity index (χ3n) is 6.74. The van der Waals surface area contributed by atoms with Gasteiger partial charge in [-0.25, -0.2) is 0 Å². The van der Waals surface area contributed by atoms with Crippen molar-refractivity contribution in [2.24, 2.45) is 0 Å². The summed E-state index contributed by atoms with van der Waals surface area (Å²) < 4.78 is 5.89. The van der Waals surface area contributed by atoms with Crippen LogP contribution in [0.3, 0.4) is 0 Å². The lowest BCUT2D eigenvalue weighted by molar-refractivity contribution is -0.384. The summed E-state index contributed by atoms with van der Waals surface area (Å²) in [6, 6.07) is 22.9. The summed E-state index contributed by atoms with van der Waals surface area (Å²) in [4.78, 5) is 42.7. The highest BCUT2D eigenvalue weighted by Gasteiger charge is 2.46. The third-order valence-corrected chi connectivity index (χ3v) is 6.74. The Balaban J connectivity index is 1.53. The molecule has 0 aliphatic carbocycles. The first-order valence-electron chi connectivity index (χ1n) is 12.5. The van der Waals surface area contributed by atoms with Gasteiger partial charge in [0.05, 0.1) is 16.5 Å². The van der Waals surface area contributed by atoms with Crippen molar-refractivity contribution < 1.29 is 24.4 Å². The summed E-state index contributed by atoms with van der Waals surface area (Å²) in [5, 5.41) is 22.7. The number of carbonyl (C=O) groups is 2. The molecule has 40 heavy (non-hydrogen) atoms. The number of benzene rings is 3. The minimum Gasteiger partial charge on any atom is -0.507 e. The van der Waals surface area contributed by atoms with E-state index < -0.39 is 22.7 Å². The van der Waals surface area contributed by atoms with Crippen LogP contribution in [0.5, 0.6) is 5.75 Å². The van der Waals surface area contributed by atoms with E-state index in [0.29, 0.717) is 34.6 Å². The number of pyridine rings is 1. The molecule has 5 rings (SSSR count). The molecule has 1 aliphatic rings. The third kappa shape index (κ3) is 5.30. The zero-order chi connectivity index (χ0) is 28.2. The van der Waals surface area contributed by atoms with Crippen LogP contribution in [0.1, 0.15) is 33.9 Å². The first-order valence-corrected chi connectivity index (χ1v) is 12.5. The maximum absolute atomic E-state index is 13.4. The van der Waals surface area contributed by atoms with Crippen LogP contribution in [0.4, 0.5) is 5.69 Å². The largest absolute Gasteiger partial charge is 0.507 e. The van der Waals surface area contributed by atoms with Gasteiger partial charge in [-0.15, -0.1) is 0 Å². The molecule has 1 N–H and O–H groups in total. The molecule has 0 radical (unpaired) electrons. The van der Waals surface area contributed by atoms with E-state index in [4.69, 9.17) is 4.74 Å². The van der Waals surface area contributed by atoms with E-state index in [1.807, 2.05) is 30.3 Å². The monoisotopic (exact) mass is 535 g/mol. The average Bonchev–Trinajstić information content (AvgIpc) is 3.22. The molecule has 200 valence electrons. The second-order valence-electron chi connectivity index (χ2n) is 9.39. The zero-order valence-corrected chi connectivity index (χ0v) is 21.6. The standard InChI is InChI=1S/C31H25N3O6/c1-20-16-25(40-19-21-6-3-2-4-7-21)13-14-26(20)29(35)27-28(23-9-11-24(12-10-23)34(38)39)33(31(37)30(27)36)18-22-8-5-15-32-17-22/h2-17,28,35H,18-19H2,1H3/b29-27+. The molecule has 1 fully saturated rings. The van der Waals surface area contributed by atoms with Gasteiger partial charge in [0.2, 0.25) is 0 Å². The maximum atomic E-state index is 13.4. The second-order valence-corrected chi connectivity index (χ2v) is 9.39. The summed E-state index contributed by atoms with van der Waals surface area (Å²) >= 11 is 0. The van der Waals surface area contributed by atoms with E-state index in [1.165, 1.54) is 29.2 Å². The number of nitro benzene ring substituents is 1. The van der Waals surface area contributed by atoms with Gasteiger partial charge in [0, 0.05) is 36.6 Å². The zero-order valence-electron chi connectivity index (χ0n) is 21.6. The fourth-order valence-corrected chi connectivity index (χ4v) is 4.73. The van der Waals surface area contributed by atoms with E-state index in [1.54, 1.807) is 49.6 Å². The fourth-order valence-electron chi connectivity index (χ4n) is 4.73. The van der Waals surface area contributed by atoms with Gasteiger partial charge in [0.25, 0.3) is 17.4 Å². The van der Waals surface area contributed by atoms with Gasteiger partial charge in [0.15, 0.2) is 0 Å². The Kier molecular flexibility index (Phi) is 7.37. The highest BCUT2D eigenvalue weighted by Crippen LogP contribution is 2.41. The normalized spacial score (nSPS) is 16.2. The molecule has 0 bridgehead atoms. The molecule has 1 saturated heterocycles. The first-order chi connectivity index (χ1) is 19.3. The topological polar surface area (TPSA) is 123 Å². The van der Waals surface area contributed by atoms with Crippen LogP contribution in [-0.4, -0.2) is 31.6 Å². The number of Topliss-reactive ketones (excluding diaryl/α,β-unsaturated/α-hetero) is 1. The van der Waals surface area contributed by atoms with Gasteiger partial charge < -0.3 is 14.7 Å². The van der Waals surface area contributed by atoms with E-state index in [9.17, 15) is 24.8 Å². The van der Waals surface area contributed by atoms with Crippen molar-refractivity contribution in [1.29, 1.82) is 0 Å². The minimum absolute atomic E-state index is 0.0576. The fraction of sp³-hybridized carbons (Fsp3) is 0.129. The number of likely N-dealkylation sites (tertiary alicyclic amines) is 1. The number of hydrogen-bond acceptors (Lipinski definition) is 7. The lowest BCUT2D eigenvalue weighted by Gasteiger charge is -2.25. The van der Waals surface area contributed by atoms with Crippen LogP contribution >= 0.6 is 0 Å². The maximum Gasteiger partial charge on any atom is 0.295 e. The van der Waals surface area contributed by atoms with Crippen LogP contribution in [0.25, 0.3) is 5.76 Å². The molecule has 3 aromatic carbocycles. The predicted octanol–water partition coefficient (Wildman–Crippen LogP) is 5.50. The van der Waals surface area contributed by atoms with Gasteiger partial charge >= 0.3 is 0 Å². The number of aromatic nitrogens is 1. The number of aliphatic hydroxyl groups is 1. The molecule has 2 heterocycles. The number of aryl methyl sites for hydroxylation is 1. The van der Waals surface area contributed by atoms with Gasteiger partial charge in [-0.2, -0.15) is 0 Å². The Bertz CT molecular complexity index is 1600. The molecule has 0 saturated carbocycles. The Morgan fingerprint density at radius 1 is 1.00 bits per heavy atom. The molecule has 1 amide bonds. The van der Waals surface area contributed by atoms with Crippen LogP contribution < -0.4 is 4.74 Å². The quantitative estimate of drug-likeness (QED) is 0.104. The molecule has 9 heteroatoms. The predicted molar refractivity (Wildman–Crippen MR) is 147 cm³/mol. The van der Waals surface area contributed by atoms with Crippen LogP contribution in [0, 0.1) is 17.0 Å². The molecular formula is C31H25N3O6. The lowest BCUT2D eigenvalue weighted by Crippen LogP contribution is -2.29. The SMILES string of the molecule is Cc1cc(OCc2ccccc2)ccc1/C(O)=C1\C(=O)C(=O)N(Cc2cccnc2)C1c1ccc([N+](=O)[O-])cc1. The Hall–Kier alpha value is -5.31. The molecule has 0 spiro atoms. The van der Waals surface area contributed by atoms with Crippen molar-refractivity contribution in [3.8, 4) is 5.75 Å².